The molecule has 0 bridgehead atoms. The van der Waals surface area contributed by atoms with Crippen molar-refractivity contribution in [2.75, 3.05) is 13.1 Å². The molecule has 0 radical (unpaired) electrons. The predicted octanol–water partition coefficient (Wildman–Crippen LogP) is 0.351. The first-order chi connectivity index (χ1) is 11.4. The Hall–Kier alpha value is -2.44. The van der Waals surface area contributed by atoms with Crippen molar-refractivity contribution in [1.29, 1.82) is 0 Å². The summed E-state index contributed by atoms with van der Waals surface area (Å²) in [7, 11) is 0. The standard InChI is InChI=1S/C17H20FN3O3/c18-12-3-1-11(2-4-12)5-8-21-10-13(9-14(21)22)20-16(24)17(6-7-17)15(19)23/h1-4,13H,5-10H2,(H2,19,23)(H,20,24)/t13-/m1/s1. The van der Waals surface area contributed by atoms with Crippen LogP contribution >= 0.6 is 0 Å². The number of rotatable bonds is 6. The molecule has 0 spiro atoms. The van der Waals surface area contributed by atoms with Crippen LogP contribution in [0.5, 0.6) is 0 Å². The zero-order chi connectivity index (χ0) is 17.3. The van der Waals surface area contributed by atoms with Gasteiger partial charge in [-0.15, -0.1) is 0 Å². The minimum absolute atomic E-state index is 0.0358. The van der Waals surface area contributed by atoms with Gasteiger partial charge in [0, 0.05) is 19.5 Å². The van der Waals surface area contributed by atoms with Gasteiger partial charge >= 0.3 is 0 Å². The molecule has 128 valence electrons. The van der Waals surface area contributed by atoms with Crippen LogP contribution in [0, 0.1) is 11.2 Å². The summed E-state index contributed by atoms with van der Waals surface area (Å²) in [6.45, 7) is 0.929. The maximum absolute atomic E-state index is 12.9. The first-order valence-electron chi connectivity index (χ1n) is 8.04. The molecule has 2 fully saturated rings. The van der Waals surface area contributed by atoms with E-state index in [1.54, 1.807) is 17.0 Å². The Bertz CT molecular complexity index is 670. The number of amides is 3. The summed E-state index contributed by atoms with van der Waals surface area (Å²) < 4.78 is 12.9. The summed E-state index contributed by atoms with van der Waals surface area (Å²) in [4.78, 5) is 37.3. The van der Waals surface area contributed by atoms with Crippen LogP contribution in [0.2, 0.25) is 0 Å². The molecule has 3 amide bonds. The van der Waals surface area contributed by atoms with E-state index in [0.29, 0.717) is 32.4 Å². The van der Waals surface area contributed by atoms with E-state index >= 15 is 0 Å². The summed E-state index contributed by atoms with van der Waals surface area (Å²) in [6.07, 6.45) is 1.80. The van der Waals surface area contributed by atoms with E-state index in [1.807, 2.05) is 0 Å². The van der Waals surface area contributed by atoms with Crippen molar-refractivity contribution in [3.05, 3.63) is 35.6 Å². The molecule has 1 aromatic rings. The molecule has 24 heavy (non-hydrogen) atoms. The van der Waals surface area contributed by atoms with E-state index in [-0.39, 0.29) is 30.1 Å². The minimum atomic E-state index is -1.06. The smallest absolute Gasteiger partial charge is 0.235 e. The van der Waals surface area contributed by atoms with Crippen molar-refractivity contribution in [2.45, 2.75) is 31.7 Å². The predicted molar refractivity (Wildman–Crippen MR) is 84.1 cm³/mol. The third kappa shape index (κ3) is 3.25. The Morgan fingerprint density at radius 3 is 2.54 bits per heavy atom. The monoisotopic (exact) mass is 333 g/mol. The van der Waals surface area contributed by atoms with Gasteiger partial charge in [0.15, 0.2) is 0 Å². The van der Waals surface area contributed by atoms with Gasteiger partial charge in [-0.05, 0) is 37.0 Å². The van der Waals surface area contributed by atoms with Gasteiger partial charge in [-0.1, -0.05) is 12.1 Å². The van der Waals surface area contributed by atoms with Crippen LogP contribution in [0.4, 0.5) is 4.39 Å². The fraction of sp³-hybridized carbons (Fsp3) is 0.471. The van der Waals surface area contributed by atoms with Crippen LogP contribution in [-0.2, 0) is 20.8 Å². The molecule has 6 nitrogen and oxygen atoms in total. The number of nitrogens with zero attached hydrogens (tertiary/aromatic N) is 1. The molecule has 3 N–H and O–H groups in total. The number of nitrogens with one attached hydrogen (secondary N) is 1. The molecule has 1 heterocycles. The van der Waals surface area contributed by atoms with Gasteiger partial charge in [-0.2, -0.15) is 0 Å². The van der Waals surface area contributed by atoms with Crippen LogP contribution in [0.15, 0.2) is 24.3 Å². The Morgan fingerprint density at radius 1 is 1.29 bits per heavy atom. The van der Waals surface area contributed by atoms with Crippen LogP contribution in [-0.4, -0.2) is 41.8 Å². The quantitative estimate of drug-likeness (QED) is 0.736. The fourth-order valence-corrected chi connectivity index (χ4v) is 3.03. The zero-order valence-corrected chi connectivity index (χ0v) is 13.3. The zero-order valence-electron chi connectivity index (χ0n) is 13.3. The fourth-order valence-electron chi connectivity index (χ4n) is 3.03. The highest BCUT2D eigenvalue weighted by Crippen LogP contribution is 2.45. The lowest BCUT2D eigenvalue weighted by Gasteiger charge is -2.18. The summed E-state index contributed by atoms with van der Waals surface area (Å²) in [5, 5.41) is 2.78. The van der Waals surface area contributed by atoms with E-state index in [1.165, 1.54) is 12.1 Å². The summed E-state index contributed by atoms with van der Waals surface area (Å²) in [6, 6.07) is 5.87. The molecule has 0 aromatic heterocycles. The highest BCUT2D eigenvalue weighted by Gasteiger charge is 2.56. The van der Waals surface area contributed by atoms with E-state index in [4.69, 9.17) is 5.73 Å². The Kier molecular flexibility index (Phi) is 4.26. The summed E-state index contributed by atoms with van der Waals surface area (Å²) in [5.74, 6) is -1.29. The number of hydrogen-bond acceptors (Lipinski definition) is 3. The van der Waals surface area contributed by atoms with Crippen molar-refractivity contribution in [1.82, 2.24) is 10.2 Å². The van der Waals surface area contributed by atoms with Gasteiger partial charge in [-0.3, -0.25) is 14.4 Å². The Balaban J connectivity index is 1.51. The lowest BCUT2D eigenvalue weighted by Crippen LogP contribution is -2.45. The summed E-state index contributed by atoms with van der Waals surface area (Å²) >= 11 is 0. The Morgan fingerprint density at radius 2 is 1.96 bits per heavy atom. The van der Waals surface area contributed by atoms with Gasteiger partial charge in [0.2, 0.25) is 17.7 Å². The van der Waals surface area contributed by atoms with Crippen molar-refractivity contribution in [3.63, 3.8) is 0 Å². The number of primary amides is 1. The molecule has 1 aliphatic carbocycles. The third-order valence-corrected chi connectivity index (χ3v) is 4.79. The molecule has 0 unspecified atom stereocenters. The number of nitrogens with two attached hydrogens (primary N) is 1. The van der Waals surface area contributed by atoms with E-state index < -0.39 is 11.3 Å². The third-order valence-electron chi connectivity index (χ3n) is 4.79. The lowest BCUT2D eigenvalue weighted by molar-refractivity contribution is -0.135. The molecule has 3 rings (SSSR count). The first kappa shape index (κ1) is 16.4. The minimum Gasteiger partial charge on any atom is -0.369 e. The van der Waals surface area contributed by atoms with Crippen molar-refractivity contribution in [3.8, 4) is 0 Å². The van der Waals surface area contributed by atoms with Crippen LogP contribution < -0.4 is 11.1 Å². The topological polar surface area (TPSA) is 92.5 Å². The number of halogens is 1. The highest BCUT2D eigenvalue weighted by atomic mass is 19.1. The largest absolute Gasteiger partial charge is 0.369 e. The van der Waals surface area contributed by atoms with Crippen molar-refractivity contribution in [2.24, 2.45) is 11.1 Å². The number of benzene rings is 1. The van der Waals surface area contributed by atoms with Gasteiger partial charge in [0.1, 0.15) is 11.2 Å². The molecule has 1 atom stereocenters. The number of carbonyl (C=O) groups is 3. The second-order valence-corrected chi connectivity index (χ2v) is 6.54. The lowest BCUT2D eigenvalue weighted by atomic mass is 10.1. The molecular weight excluding hydrogens is 313 g/mol. The highest BCUT2D eigenvalue weighted by molar-refractivity contribution is 6.07. The van der Waals surface area contributed by atoms with Gasteiger partial charge in [-0.25, -0.2) is 4.39 Å². The van der Waals surface area contributed by atoms with E-state index in [0.717, 1.165) is 5.56 Å². The molecule has 1 saturated heterocycles. The number of likely N-dealkylation sites (tertiary alicyclic amines) is 1. The van der Waals surface area contributed by atoms with E-state index in [2.05, 4.69) is 5.32 Å². The molecule has 7 heteroatoms. The van der Waals surface area contributed by atoms with Crippen LogP contribution in [0.1, 0.15) is 24.8 Å². The van der Waals surface area contributed by atoms with Crippen molar-refractivity contribution < 1.29 is 18.8 Å². The van der Waals surface area contributed by atoms with Gasteiger partial charge in [0.05, 0.1) is 6.04 Å². The van der Waals surface area contributed by atoms with Gasteiger partial charge < -0.3 is 16.0 Å². The molecule has 1 aliphatic heterocycles. The van der Waals surface area contributed by atoms with E-state index in [9.17, 15) is 18.8 Å². The first-order valence-corrected chi connectivity index (χ1v) is 8.04. The maximum Gasteiger partial charge on any atom is 0.235 e. The maximum atomic E-state index is 12.9. The molecule has 1 aromatic carbocycles. The van der Waals surface area contributed by atoms with Crippen LogP contribution in [0.25, 0.3) is 0 Å². The van der Waals surface area contributed by atoms with Crippen LogP contribution in [0.3, 0.4) is 0 Å². The Labute approximate surface area is 139 Å². The average molecular weight is 333 g/mol. The normalized spacial score (nSPS) is 21.6. The number of carbonyl (C=O) groups excluding carboxylic acids is 3. The molecule has 1 saturated carbocycles. The SMILES string of the molecule is NC(=O)C1(C(=O)N[C@@H]2CC(=O)N(CCc3ccc(F)cc3)C2)CC1. The van der Waals surface area contributed by atoms with Crippen molar-refractivity contribution >= 4 is 17.7 Å². The number of hydrogen-bond donors (Lipinski definition) is 2. The van der Waals surface area contributed by atoms with Gasteiger partial charge in [0.25, 0.3) is 0 Å². The second kappa shape index (κ2) is 6.22. The molecular formula is C17H20FN3O3. The second-order valence-electron chi connectivity index (χ2n) is 6.54. The molecule has 2 aliphatic rings. The average Bonchev–Trinajstić information content (AvgIpc) is 3.28. The summed E-state index contributed by atoms with van der Waals surface area (Å²) in [5.41, 5.74) is 5.16.